The fraction of sp³-hybridized carbons (Fsp3) is 0.222. The van der Waals surface area contributed by atoms with Gasteiger partial charge in [-0.1, -0.05) is 0 Å². The van der Waals surface area contributed by atoms with Gasteiger partial charge >= 0.3 is 5.97 Å². The molecule has 0 aromatic heterocycles. The second-order valence-corrected chi connectivity index (χ2v) is 2.58. The van der Waals surface area contributed by atoms with E-state index >= 15 is 0 Å². The molecule has 0 aliphatic carbocycles. The molecule has 76 valence electrons. The van der Waals surface area contributed by atoms with E-state index in [1.165, 1.54) is 6.07 Å². The number of halogens is 1. The Morgan fingerprint density at radius 3 is 2.86 bits per heavy atom. The summed E-state index contributed by atoms with van der Waals surface area (Å²) in [5, 5.41) is 8.60. The van der Waals surface area contributed by atoms with Crippen LogP contribution in [0.25, 0.3) is 0 Å². The normalized spacial score (nSPS) is 9.86. The minimum Gasteiger partial charge on any atom is -0.492 e. The molecule has 0 heterocycles. The quantitative estimate of drug-likeness (QED) is 0.754. The molecule has 0 saturated carbocycles. The van der Waals surface area contributed by atoms with E-state index < -0.39 is 17.3 Å². The first kappa shape index (κ1) is 10.5. The zero-order valence-electron chi connectivity index (χ0n) is 7.37. The smallest absolute Gasteiger partial charge is 0.338 e. The maximum absolute atomic E-state index is 12.9. The van der Waals surface area contributed by atoms with Gasteiger partial charge < -0.3 is 15.6 Å². The highest BCUT2D eigenvalue weighted by atomic mass is 19.1. The third kappa shape index (κ3) is 2.43. The molecule has 0 spiro atoms. The average Bonchev–Trinajstić information content (AvgIpc) is 2.16. The predicted molar refractivity (Wildman–Crippen MR) is 47.9 cm³/mol. The van der Waals surface area contributed by atoms with Gasteiger partial charge in [-0.2, -0.15) is 0 Å². The van der Waals surface area contributed by atoms with E-state index in [4.69, 9.17) is 15.6 Å². The van der Waals surface area contributed by atoms with Crippen molar-refractivity contribution in [3.8, 4) is 5.75 Å². The summed E-state index contributed by atoms with van der Waals surface area (Å²) in [5.74, 6) is -1.80. The number of aromatic carboxylic acids is 1. The highest BCUT2D eigenvalue weighted by Crippen LogP contribution is 2.16. The van der Waals surface area contributed by atoms with Gasteiger partial charge in [0.05, 0.1) is 5.56 Å². The Bertz CT molecular complexity index is 341. The van der Waals surface area contributed by atoms with Gasteiger partial charge in [0, 0.05) is 6.54 Å². The van der Waals surface area contributed by atoms with Crippen molar-refractivity contribution in [2.24, 2.45) is 5.73 Å². The predicted octanol–water partition coefficient (Wildman–Crippen LogP) is 0.861. The van der Waals surface area contributed by atoms with Gasteiger partial charge in [-0.25, -0.2) is 9.18 Å². The number of carbonyl (C=O) groups is 1. The molecule has 1 aromatic carbocycles. The molecule has 0 atom stereocenters. The lowest BCUT2D eigenvalue weighted by atomic mass is 10.2. The highest BCUT2D eigenvalue weighted by molar-refractivity contribution is 5.88. The topological polar surface area (TPSA) is 72.5 Å². The van der Waals surface area contributed by atoms with Gasteiger partial charge in [0.2, 0.25) is 0 Å². The van der Waals surface area contributed by atoms with E-state index in [0.717, 1.165) is 12.1 Å². The van der Waals surface area contributed by atoms with Crippen molar-refractivity contribution in [3.63, 3.8) is 0 Å². The molecule has 0 aliphatic rings. The summed E-state index contributed by atoms with van der Waals surface area (Å²) in [6.07, 6.45) is 0. The molecule has 5 heteroatoms. The first-order chi connectivity index (χ1) is 6.65. The summed E-state index contributed by atoms with van der Waals surface area (Å²) in [5.41, 5.74) is 4.79. The monoisotopic (exact) mass is 199 g/mol. The van der Waals surface area contributed by atoms with Gasteiger partial charge in [0.15, 0.2) is 0 Å². The first-order valence-electron chi connectivity index (χ1n) is 4.01. The SMILES string of the molecule is NCCOc1ccc(F)c(C(=O)O)c1. The molecular weight excluding hydrogens is 189 g/mol. The Morgan fingerprint density at radius 2 is 2.29 bits per heavy atom. The molecule has 0 amide bonds. The molecule has 1 aromatic rings. The van der Waals surface area contributed by atoms with Gasteiger partial charge in [-0.3, -0.25) is 0 Å². The van der Waals surface area contributed by atoms with Crippen LogP contribution in [0, 0.1) is 5.82 Å². The van der Waals surface area contributed by atoms with Crippen molar-refractivity contribution < 1.29 is 19.0 Å². The Morgan fingerprint density at radius 1 is 1.57 bits per heavy atom. The van der Waals surface area contributed by atoms with Crippen molar-refractivity contribution >= 4 is 5.97 Å². The molecule has 0 bridgehead atoms. The lowest BCUT2D eigenvalue weighted by Crippen LogP contribution is -2.11. The van der Waals surface area contributed by atoms with Gasteiger partial charge in [0.25, 0.3) is 0 Å². The van der Waals surface area contributed by atoms with Crippen LogP contribution in [0.4, 0.5) is 4.39 Å². The molecule has 4 nitrogen and oxygen atoms in total. The van der Waals surface area contributed by atoms with Gasteiger partial charge in [-0.15, -0.1) is 0 Å². The number of carboxylic acid groups (broad SMARTS) is 1. The van der Waals surface area contributed by atoms with E-state index in [-0.39, 0.29) is 6.61 Å². The Kier molecular flexibility index (Phi) is 3.41. The lowest BCUT2D eigenvalue weighted by Gasteiger charge is -2.05. The number of ether oxygens (including phenoxy) is 1. The molecular formula is C9H10FNO3. The summed E-state index contributed by atoms with van der Waals surface area (Å²) in [6, 6.07) is 3.54. The fourth-order valence-corrected chi connectivity index (χ4v) is 0.935. The molecule has 0 aliphatic heterocycles. The van der Waals surface area contributed by atoms with Crippen molar-refractivity contribution in [3.05, 3.63) is 29.6 Å². The van der Waals surface area contributed by atoms with Crippen molar-refractivity contribution in [1.82, 2.24) is 0 Å². The Hall–Kier alpha value is -1.62. The van der Waals surface area contributed by atoms with E-state index in [1.54, 1.807) is 0 Å². The zero-order valence-corrected chi connectivity index (χ0v) is 7.37. The van der Waals surface area contributed by atoms with E-state index in [9.17, 15) is 9.18 Å². The lowest BCUT2D eigenvalue weighted by molar-refractivity contribution is 0.0691. The molecule has 0 radical (unpaired) electrons. The van der Waals surface area contributed by atoms with Crippen LogP contribution in [0.1, 0.15) is 10.4 Å². The highest BCUT2D eigenvalue weighted by Gasteiger charge is 2.10. The second kappa shape index (κ2) is 4.57. The number of rotatable bonds is 4. The van der Waals surface area contributed by atoms with Gasteiger partial charge in [0.1, 0.15) is 18.2 Å². The largest absolute Gasteiger partial charge is 0.492 e. The average molecular weight is 199 g/mol. The van der Waals surface area contributed by atoms with Crippen molar-refractivity contribution in [2.75, 3.05) is 13.2 Å². The minimum absolute atomic E-state index is 0.269. The maximum atomic E-state index is 12.9. The van der Waals surface area contributed by atoms with Crippen molar-refractivity contribution in [1.29, 1.82) is 0 Å². The number of carboxylic acids is 1. The summed E-state index contributed by atoms with van der Waals surface area (Å²) < 4.78 is 17.9. The van der Waals surface area contributed by atoms with Crippen LogP contribution in [0.15, 0.2) is 18.2 Å². The van der Waals surface area contributed by atoms with E-state index in [0.29, 0.717) is 12.3 Å². The number of nitrogens with two attached hydrogens (primary N) is 1. The van der Waals surface area contributed by atoms with Crippen LogP contribution >= 0.6 is 0 Å². The van der Waals surface area contributed by atoms with Crippen LogP contribution < -0.4 is 10.5 Å². The Labute approximate surface area is 80.1 Å². The third-order valence-corrected chi connectivity index (χ3v) is 1.55. The fourth-order valence-electron chi connectivity index (χ4n) is 0.935. The standard InChI is InChI=1S/C9H10FNO3/c10-8-2-1-6(14-4-3-11)5-7(8)9(12)13/h1-2,5H,3-4,11H2,(H,12,13). The zero-order chi connectivity index (χ0) is 10.6. The maximum Gasteiger partial charge on any atom is 0.338 e. The van der Waals surface area contributed by atoms with Crippen molar-refractivity contribution in [2.45, 2.75) is 0 Å². The molecule has 0 saturated heterocycles. The van der Waals surface area contributed by atoms with Crippen LogP contribution in [0.2, 0.25) is 0 Å². The summed E-state index contributed by atoms with van der Waals surface area (Å²) in [6.45, 7) is 0.588. The summed E-state index contributed by atoms with van der Waals surface area (Å²) in [4.78, 5) is 10.5. The molecule has 0 unspecified atom stereocenters. The molecule has 1 rings (SSSR count). The summed E-state index contributed by atoms with van der Waals surface area (Å²) >= 11 is 0. The van der Waals surface area contributed by atoms with Crippen LogP contribution in [0.3, 0.4) is 0 Å². The number of benzene rings is 1. The summed E-state index contributed by atoms with van der Waals surface area (Å²) in [7, 11) is 0. The minimum atomic E-state index is -1.32. The third-order valence-electron chi connectivity index (χ3n) is 1.55. The number of hydrogen-bond acceptors (Lipinski definition) is 3. The van der Waals surface area contributed by atoms with E-state index in [1.807, 2.05) is 0 Å². The van der Waals surface area contributed by atoms with Crippen LogP contribution in [0.5, 0.6) is 5.75 Å². The molecule has 14 heavy (non-hydrogen) atoms. The Balaban J connectivity index is 2.89. The second-order valence-electron chi connectivity index (χ2n) is 2.58. The van der Waals surface area contributed by atoms with E-state index in [2.05, 4.69) is 0 Å². The van der Waals surface area contributed by atoms with Crippen LogP contribution in [-0.4, -0.2) is 24.2 Å². The molecule has 0 fully saturated rings. The van der Waals surface area contributed by atoms with Crippen LogP contribution in [-0.2, 0) is 0 Å². The first-order valence-corrected chi connectivity index (χ1v) is 4.01. The van der Waals surface area contributed by atoms with Gasteiger partial charge in [-0.05, 0) is 18.2 Å². The molecule has 3 N–H and O–H groups in total. The number of hydrogen-bond donors (Lipinski definition) is 2.